The van der Waals surface area contributed by atoms with E-state index in [1.807, 2.05) is 12.1 Å². The van der Waals surface area contributed by atoms with Crippen molar-refractivity contribution >= 4 is 48.2 Å². The SMILES string of the molecule is CCc1c(S(=O)(=O)NCCc2ccc(N3CCCCC3)cc2)n(S(=O)(=O)c2ccccc2)c2ccc(Cl)cc12. The predicted octanol–water partition coefficient (Wildman–Crippen LogP) is 5.61. The number of anilines is 1. The summed E-state index contributed by atoms with van der Waals surface area (Å²) in [5.41, 5.74) is 2.86. The van der Waals surface area contributed by atoms with Crippen LogP contribution in [-0.2, 0) is 32.9 Å². The average molecular weight is 586 g/mol. The highest BCUT2D eigenvalue weighted by atomic mass is 35.5. The van der Waals surface area contributed by atoms with Gasteiger partial charge in [0.1, 0.15) is 0 Å². The van der Waals surface area contributed by atoms with Crippen molar-refractivity contribution in [3.63, 3.8) is 0 Å². The van der Waals surface area contributed by atoms with E-state index in [4.69, 9.17) is 11.6 Å². The van der Waals surface area contributed by atoms with Gasteiger partial charge >= 0.3 is 0 Å². The molecule has 1 aliphatic heterocycles. The van der Waals surface area contributed by atoms with Crippen LogP contribution in [0.3, 0.4) is 0 Å². The molecule has 0 aliphatic carbocycles. The number of aryl methyl sites for hydroxylation is 1. The molecule has 7 nitrogen and oxygen atoms in total. The summed E-state index contributed by atoms with van der Waals surface area (Å²) in [5.74, 6) is 0. The summed E-state index contributed by atoms with van der Waals surface area (Å²) >= 11 is 6.24. The lowest BCUT2D eigenvalue weighted by molar-refractivity contribution is 0.564. The van der Waals surface area contributed by atoms with Crippen molar-refractivity contribution in [2.24, 2.45) is 0 Å². The van der Waals surface area contributed by atoms with Gasteiger partial charge in [-0.1, -0.05) is 48.9 Å². The monoisotopic (exact) mass is 585 g/mol. The molecule has 0 bridgehead atoms. The molecule has 0 spiro atoms. The van der Waals surface area contributed by atoms with Crippen LogP contribution in [0.4, 0.5) is 5.69 Å². The highest BCUT2D eigenvalue weighted by molar-refractivity contribution is 7.92. The van der Waals surface area contributed by atoms with E-state index in [-0.39, 0.29) is 22.0 Å². The van der Waals surface area contributed by atoms with Crippen molar-refractivity contribution in [1.82, 2.24) is 8.69 Å². The first-order valence-electron chi connectivity index (χ1n) is 13.2. The lowest BCUT2D eigenvalue weighted by Gasteiger charge is -2.28. The number of hydrogen-bond donors (Lipinski definition) is 1. The molecule has 1 aliphatic rings. The maximum absolute atomic E-state index is 13.8. The Labute approximate surface area is 235 Å². The highest BCUT2D eigenvalue weighted by Crippen LogP contribution is 2.35. The van der Waals surface area contributed by atoms with Gasteiger partial charge in [0, 0.05) is 35.7 Å². The first kappa shape index (κ1) is 27.7. The van der Waals surface area contributed by atoms with E-state index in [9.17, 15) is 16.8 Å². The number of sulfonamides is 1. The molecule has 0 atom stereocenters. The number of nitrogens with zero attached hydrogens (tertiary/aromatic N) is 2. The standard InChI is InChI=1S/C29H32ClN3O4S2/c1-2-26-27-21-23(30)13-16-28(27)33(39(36,37)25-9-5-3-6-10-25)29(26)38(34,35)31-18-17-22-11-14-24(15-12-22)32-19-7-4-8-20-32/h3,5-6,9-16,21,31H,2,4,7-8,17-20H2,1H3. The number of rotatable bonds is 9. The summed E-state index contributed by atoms with van der Waals surface area (Å²) in [6, 6.07) is 20.8. The molecular formula is C29H32ClN3O4S2. The molecule has 1 saturated heterocycles. The molecule has 2 heterocycles. The van der Waals surface area contributed by atoms with E-state index in [1.54, 1.807) is 43.3 Å². The van der Waals surface area contributed by atoms with Crippen LogP contribution in [0.1, 0.15) is 37.3 Å². The van der Waals surface area contributed by atoms with Crippen LogP contribution in [0, 0.1) is 0 Å². The molecular weight excluding hydrogens is 554 g/mol. The lowest BCUT2D eigenvalue weighted by atomic mass is 10.1. The third-order valence-electron chi connectivity index (χ3n) is 7.20. The van der Waals surface area contributed by atoms with Crippen LogP contribution in [0.15, 0.2) is 82.7 Å². The molecule has 1 N–H and O–H groups in total. The number of benzene rings is 3. The van der Waals surface area contributed by atoms with E-state index < -0.39 is 20.0 Å². The fourth-order valence-corrected chi connectivity index (χ4v) is 8.87. The molecule has 3 aromatic carbocycles. The normalized spacial score (nSPS) is 14.7. The summed E-state index contributed by atoms with van der Waals surface area (Å²) in [5, 5.41) is 0.626. The minimum atomic E-state index is -4.22. The molecule has 10 heteroatoms. The van der Waals surface area contributed by atoms with Crippen LogP contribution in [0.5, 0.6) is 0 Å². The average Bonchev–Trinajstić information content (AvgIpc) is 3.29. The van der Waals surface area contributed by atoms with Crippen molar-refractivity contribution in [3.05, 3.63) is 88.9 Å². The van der Waals surface area contributed by atoms with Gasteiger partial charge in [-0.25, -0.2) is 25.5 Å². The summed E-state index contributed by atoms with van der Waals surface area (Å²) in [7, 11) is -8.44. The van der Waals surface area contributed by atoms with Crippen LogP contribution in [0.2, 0.25) is 5.02 Å². The van der Waals surface area contributed by atoms with Gasteiger partial charge in [-0.2, -0.15) is 0 Å². The van der Waals surface area contributed by atoms with Gasteiger partial charge in [-0.05, 0) is 85.7 Å². The third-order valence-corrected chi connectivity index (χ3v) is 10.8. The minimum absolute atomic E-state index is 0.00440. The molecule has 0 amide bonds. The topological polar surface area (TPSA) is 88.5 Å². The second-order valence-electron chi connectivity index (χ2n) is 9.74. The van der Waals surface area contributed by atoms with E-state index >= 15 is 0 Å². The number of nitrogens with one attached hydrogen (secondary N) is 1. The van der Waals surface area contributed by atoms with E-state index in [1.165, 1.54) is 37.1 Å². The highest BCUT2D eigenvalue weighted by Gasteiger charge is 2.33. The number of halogens is 1. The molecule has 0 radical (unpaired) electrons. The van der Waals surface area contributed by atoms with E-state index in [0.29, 0.717) is 28.8 Å². The molecule has 0 unspecified atom stereocenters. The maximum Gasteiger partial charge on any atom is 0.269 e. The molecule has 1 fully saturated rings. The van der Waals surface area contributed by atoms with Crippen LogP contribution < -0.4 is 9.62 Å². The van der Waals surface area contributed by atoms with Gasteiger partial charge in [0.2, 0.25) is 0 Å². The molecule has 4 aromatic rings. The quantitative estimate of drug-likeness (QED) is 0.276. The van der Waals surface area contributed by atoms with Crippen molar-refractivity contribution in [1.29, 1.82) is 0 Å². The zero-order valence-electron chi connectivity index (χ0n) is 21.8. The van der Waals surface area contributed by atoms with Crippen molar-refractivity contribution < 1.29 is 16.8 Å². The van der Waals surface area contributed by atoms with Gasteiger partial charge in [-0.15, -0.1) is 0 Å². The second kappa shape index (κ2) is 11.3. The van der Waals surface area contributed by atoms with E-state index in [0.717, 1.165) is 22.6 Å². The Hall–Kier alpha value is -2.85. The lowest BCUT2D eigenvalue weighted by Crippen LogP contribution is -2.30. The minimum Gasteiger partial charge on any atom is -0.372 e. The Kier molecular flexibility index (Phi) is 8.05. The predicted molar refractivity (Wildman–Crippen MR) is 157 cm³/mol. The van der Waals surface area contributed by atoms with Crippen molar-refractivity contribution in [3.8, 4) is 0 Å². The zero-order chi connectivity index (χ0) is 27.6. The Morgan fingerprint density at radius 2 is 1.56 bits per heavy atom. The van der Waals surface area contributed by atoms with Crippen molar-refractivity contribution in [2.45, 2.75) is 48.9 Å². The Balaban J connectivity index is 1.47. The molecule has 1 aromatic heterocycles. The summed E-state index contributed by atoms with van der Waals surface area (Å²) in [6.07, 6.45) is 4.45. The Morgan fingerprint density at radius 1 is 0.872 bits per heavy atom. The third kappa shape index (κ3) is 5.59. The number of aromatic nitrogens is 1. The fourth-order valence-electron chi connectivity index (χ4n) is 5.25. The fraction of sp³-hybridized carbons (Fsp3) is 0.310. The molecule has 206 valence electrons. The van der Waals surface area contributed by atoms with E-state index in [2.05, 4.69) is 21.8 Å². The zero-order valence-corrected chi connectivity index (χ0v) is 24.2. The number of fused-ring (bicyclic) bond motifs is 1. The summed E-state index contributed by atoms with van der Waals surface area (Å²) < 4.78 is 58.8. The van der Waals surface area contributed by atoms with Gasteiger partial charge in [0.05, 0.1) is 10.4 Å². The summed E-state index contributed by atoms with van der Waals surface area (Å²) in [6.45, 7) is 4.05. The summed E-state index contributed by atoms with van der Waals surface area (Å²) in [4.78, 5) is 2.38. The van der Waals surface area contributed by atoms with Gasteiger partial charge in [-0.3, -0.25) is 0 Å². The first-order valence-corrected chi connectivity index (χ1v) is 16.5. The van der Waals surface area contributed by atoms with Crippen LogP contribution in [0.25, 0.3) is 10.9 Å². The van der Waals surface area contributed by atoms with Gasteiger partial charge in [0.15, 0.2) is 5.03 Å². The molecule has 5 rings (SSSR count). The van der Waals surface area contributed by atoms with Gasteiger partial charge < -0.3 is 4.90 Å². The second-order valence-corrected chi connectivity index (χ2v) is 13.6. The van der Waals surface area contributed by atoms with Crippen molar-refractivity contribution in [2.75, 3.05) is 24.5 Å². The number of piperidine rings is 1. The first-order chi connectivity index (χ1) is 18.7. The van der Waals surface area contributed by atoms with Gasteiger partial charge in [0.25, 0.3) is 20.0 Å². The van der Waals surface area contributed by atoms with Crippen LogP contribution in [-0.4, -0.2) is 40.4 Å². The number of hydrogen-bond acceptors (Lipinski definition) is 5. The Morgan fingerprint density at radius 3 is 2.23 bits per heavy atom. The maximum atomic E-state index is 13.8. The molecule has 0 saturated carbocycles. The molecule has 39 heavy (non-hydrogen) atoms. The van der Waals surface area contributed by atoms with Crippen LogP contribution >= 0.6 is 11.6 Å². The smallest absolute Gasteiger partial charge is 0.269 e. The Bertz CT molecular complexity index is 1680. The largest absolute Gasteiger partial charge is 0.372 e.